The van der Waals surface area contributed by atoms with Crippen LogP contribution in [0.4, 0.5) is 5.69 Å². The maximum absolute atomic E-state index is 12.2. The molecule has 0 saturated heterocycles. The third kappa shape index (κ3) is 2.52. The highest BCUT2D eigenvalue weighted by atomic mass is 79.9. The van der Waals surface area contributed by atoms with Gasteiger partial charge in [0.2, 0.25) is 5.91 Å². The lowest BCUT2D eigenvalue weighted by molar-refractivity contribution is -0.122. The summed E-state index contributed by atoms with van der Waals surface area (Å²) in [4.78, 5) is 12.2. The first-order chi connectivity index (χ1) is 8.57. The number of anilines is 1. The fraction of sp³-hybridized carbons (Fsp3) is 0.385. The van der Waals surface area contributed by atoms with Crippen LogP contribution >= 0.6 is 27.5 Å². The lowest BCUT2D eigenvalue weighted by atomic mass is 9.87. The van der Waals surface area contributed by atoms with Crippen LogP contribution in [0.2, 0.25) is 5.02 Å². The van der Waals surface area contributed by atoms with Crippen LogP contribution in [0, 0.1) is 16.7 Å². The van der Waals surface area contributed by atoms with E-state index >= 15 is 0 Å². The first kappa shape index (κ1) is 13.4. The van der Waals surface area contributed by atoms with Gasteiger partial charge in [0.25, 0.3) is 0 Å². The van der Waals surface area contributed by atoms with Crippen LogP contribution in [0.3, 0.4) is 0 Å². The van der Waals surface area contributed by atoms with E-state index in [1.807, 2.05) is 0 Å². The van der Waals surface area contributed by atoms with Crippen LogP contribution in [0.5, 0.6) is 0 Å². The fourth-order valence-electron chi connectivity index (χ4n) is 2.20. The van der Waals surface area contributed by atoms with Crippen molar-refractivity contribution in [3.8, 4) is 6.07 Å². The summed E-state index contributed by atoms with van der Waals surface area (Å²) in [5.41, 5.74) is -0.218. The molecule has 94 valence electrons. The van der Waals surface area contributed by atoms with Gasteiger partial charge in [0.05, 0.1) is 11.8 Å². The summed E-state index contributed by atoms with van der Waals surface area (Å²) in [6.07, 6.45) is 3.15. The van der Waals surface area contributed by atoms with Gasteiger partial charge < -0.3 is 5.32 Å². The Balaban J connectivity index is 2.19. The number of nitrogens with zero attached hydrogens (tertiary/aromatic N) is 1. The molecule has 0 heterocycles. The summed E-state index contributed by atoms with van der Waals surface area (Å²) < 4.78 is 0.717. The lowest BCUT2D eigenvalue weighted by Gasteiger charge is -2.19. The zero-order valence-corrected chi connectivity index (χ0v) is 12.0. The number of amides is 1. The van der Waals surface area contributed by atoms with E-state index in [1.54, 1.807) is 18.2 Å². The lowest BCUT2D eigenvalue weighted by Crippen LogP contribution is -2.32. The molecule has 1 aromatic carbocycles. The minimum absolute atomic E-state index is 0.217. The maximum atomic E-state index is 12.2. The highest BCUT2D eigenvalue weighted by molar-refractivity contribution is 9.10. The number of hydrogen-bond acceptors (Lipinski definition) is 2. The van der Waals surface area contributed by atoms with Gasteiger partial charge >= 0.3 is 0 Å². The number of hydrogen-bond donors (Lipinski definition) is 1. The van der Waals surface area contributed by atoms with E-state index in [2.05, 4.69) is 27.3 Å². The van der Waals surface area contributed by atoms with Gasteiger partial charge in [-0.1, -0.05) is 24.4 Å². The quantitative estimate of drug-likeness (QED) is 0.888. The monoisotopic (exact) mass is 326 g/mol. The van der Waals surface area contributed by atoms with Crippen molar-refractivity contribution in [2.24, 2.45) is 5.41 Å². The Bertz CT molecular complexity index is 518. The minimum Gasteiger partial charge on any atom is -0.324 e. The third-order valence-corrected chi connectivity index (χ3v) is 4.18. The molecule has 0 spiro atoms. The molecule has 18 heavy (non-hydrogen) atoms. The van der Waals surface area contributed by atoms with E-state index in [9.17, 15) is 10.1 Å². The molecule has 0 bridgehead atoms. The molecule has 1 aromatic rings. The van der Waals surface area contributed by atoms with Crippen LogP contribution in [0.15, 0.2) is 22.7 Å². The zero-order chi connectivity index (χ0) is 13.2. The Labute approximate surface area is 119 Å². The number of rotatable bonds is 2. The second kappa shape index (κ2) is 5.29. The van der Waals surface area contributed by atoms with Gasteiger partial charge in [0.1, 0.15) is 5.41 Å². The first-order valence-corrected chi connectivity index (χ1v) is 6.92. The Morgan fingerprint density at radius 1 is 1.44 bits per heavy atom. The maximum Gasteiger partial charge on any atom is 0.244 e. The van der Waals surface area contributed by atoms with Gasteiger partial charge in [-0.05, 0) is 47.0 Å². The predicted octanol–water partition coefficient (Wildman–Crippen LogP) is 4.12. The summed E-state index contributed by atoms with van der Waals surface area (Å²) in [5.74, 6) is -0.217. The van der Waals surface area contributed by atoms with Crippen LogP contribution in [-0.2, 0) is 4.79 Å². The van der Waals surface area contributed by atoms with Gasteiger partial charge in [-0.2, -0.15) is 5.26 Å². The van der Waals surface area contributed by atoms with Crippen LogP contribution in [0.25, 0.3) is 0 Å². The standard InChI is InChI=1S/C13H12BrClN2O/c14-10-7-9(15)3-4-11(10)17-12(18)13(8-16)5-1-2-6-13/h3-4,7H,1-2,5-6H2,(H,17,18). The molecule has 1 saturated carbocycles. The summed E-state index contributed by atoms with van der Waals surface area (Å²) >= 11 is 9.18. The molecular weight excluding hydrogens is 316 g/mol. The predicted molar refractivity (Wildman–Crippen MR) is 74.3 cm³/mol. The van der Waals surface area contributed by atoms with E-state index in [4.69, 9.17) is 11.6 Å². The van der Waals surface area contributed by atoms with E-state index in [1.165, 1.54) is 0 Å². The molecule has 1 amide bonds. The minimum atomic E-state index is -0.862. The van der Waals surface area contributed by atoms with Crippen LogP contribution in [-0.4, -0.2) is 5.91 Å². The Morgan fingerprint density at radius 2 is 2.11 bits per heavy atom. The van der Waals surface area contributed by atoms with E-state index in [0.717, 1.165) is 17.3 Å². The molecule has 3 nitrogen and oxygen atoms in total. The molecule has 1 aliphatic carbocycles. The molecule has 0 aromatic heterocycles. The van der Waals surface area contributed by atoms with Gasteiger partial charge in [0, 0.05) is 9.50 Å². The van der Waals surface area contributed by atoms with Crippen molar-refractivity contribution in [3.63, 3.8) is 0 Å². The highest BCUT2D eigenvalue weighted by Crippen LogP contribution is 2.39. The number of carbonyl (C=O) groups excluding carboxylic acids is 1. The van der Waals surface area contributed by atoms with Crippen molar-refractivity contribution in [2.45, 2.75) is 25.7 Å². The topological polar surface area (TPSA) is 52.9 Å². The average molecular weight is 328 g/mol. The summed E-state index contributed by atoms with van der Waals surface area (Å²) in [6.45, 7) is 0. The number of carbonyl (C=O) groups is 1. The molecule has 0 radical (unpaired) electrons. The molecule has 0 unspecified atom stereocenters. The molecule has 0 aliphatic heterocycles. The third-order valence-electron chi connectivity index (χ3n) is 3.29. The van der Waals surface area contributed by atoms with Crippen molar-refractivity contribution in [1.82, 2.24) is 0 Å². The molecule has 1 fully saturated rings. The number of nitrogens with one attached hydrogen (secondary N) is 1. The first-order valence-electron chi connectivity index (χ1n) is 5.75. The Hall–Kier alpha value is -1.05. The van der Waals surface area contributed by atoms with E-state index in [-0.39, 0.29) is 5.91 Å². The van der Waals surface area contributed by atoms with Crippen molar-refractivity contribution in [1.29, 1.82) is 5.26 Å². The van der Waals surface area contributed by atoms with E-state index in [0.29, 0.717) is 23.6 Å². The summed E-state index contributed by atoms with van der Waals surface area (Å²) in [6, 6.07) is 7.32. The molecular formula is C13H12BrClN2O. The SMILES string of the molecule is N#CC1(C(=O)Nc2ccc(Cl)cc2Br)CCCC1. The molecule has 1 N–H and O–H groups in total. The van der Waals surface area contributed by atoms with Crippen molar-refractivity contribution < 1.29 is 4.79 Å². The Morgan fingerprint density at radius 3 is 2.67 bits per heavy atom. The summed E-state index contributed by atoms with van der Waals surface area (Å²) in [7, 11) is 0. The highest BCUT2D eigenvalue weighted by Gasteiger charge is 2.41. The van der Waals surface area contributed by atoms with Gasteiger partial charge in [-0.25, -0.2) is 0 Å². The molecule has 5 heteroatoms. The van der Waals surface area contributed by atoms with Crippen molar-refractivity contribution >= 4 is 39.1 Å². The Kier molecular flexibility index (Phi) is 3.94. The molecule has 1 aliphatic rings. The van der Waals surface area contributed by atoms with Gasteiger partial charge in [-0.3, -0.25) is 4.79 Å². The second-order valence-electron chi connectivity index (χ2n) is 4.48. The largest absolute Gasteiger partial charge is 0.324 e. The number of nitriles is 1. The average Bonchev–Trinajstić information content (AvgIpc) is 2.82. The van der Waals surface area contributed by atoms with Crippen molar-refractivity contribution in [2.75, 3.05) is 5.32 Å². The number of halogens is 2. The number of benzene rings is 1. The van der Waals surface area contributed by atoms with Gasteiger partial charge in [-0.15, -0.1) is 0 Å². The normalized spacial score (nSPS) is 17.2. The van der Waals surface area contributed by atoms with Crippen molar-refractivity contribution in [3.05, 3.63) is 27.7 Å². The van der Waals surface area contributed by atoms with Crippen LogP contribution in [0.1, 0.15) is 25.7 Å². The fourth-order valence-corrected chi connectivity index (χ4v) is 2.98. The summed E-state index contributed by atoms with van der Waals surface area (Å²) in [5, 5.41) is 12.6. The molecule has 0 atom stereocenters. The second-order valence-corrected chi connectivity index (χ2v) is 5.77. The smallest absolute Gasteiger partial charge is 0.244 e. The molecule has 2 rings (SSSR count). The van der Waals surface area contributed by atoms with Crippen LogP contribution < -0.4 is 5.32 Å². The zero-order valence-electron chi connectivity index (χ0n) is 9.67. The van der Waals surface area contributed by atoms with Gasteiger partial charge in [0.15, 0.2) is 0 Å². The van der Waals surface area contributed by atoms with E-state index < -0.39 is 5.41 Å².